The van der Waals surface area contributed by atoms with Crippen molar-refractivity contribution in [1.29, 1.82) is 0 Å². The first-order valence-corrected chi connectivity index (χ1v) is 13.2. The van der Waals surface area contributed by atoms with Gasteiger partial charge in [-0.15, -0.1) is 0 Å². The highest BCUT2D eigenvalue weighted by atomic mass is 127. The molecule has 0 saturated heterocycles. The zero-order valence-electron chi connectivity index (χ0n) is 21.1. The molecule has 13 heteroatoms. The van der Waals surface area contributed by atoms with E-state index in [1.54, 1.807) is 31.2 Å². The highest BCUT2D eigenvalue weighted by Gasteiger charge is 2.25. The van der Waals surface area contributed by atoms with Gasteiger partial charge in [0, 0.05) is 5.02 Å². The SMILES string of the molecule is COc1cc(/C=N\NC(=O)[C@@H](CC(C)C)NC(=O)[C@H](C)Oc2ccc(Cl)cc2Cl)cc(I)c1OCC(=O)O. The maximum absolute atomic E-state index is 12.9. The lowest BCUT2D eigenvalue weighted by Crippen LogP contribution is -2.49. The van der Waals surface area contributed by atoms with Gasteiger partial charge in [-0.1, -0.05) is 37.0 Å². The molecule has 2 atom stereocenters. The van der Waals surface area contributed by atoms with E-state index in [0.717, 1.165) is 0 Å². The van der Waals surface area contributed by atoms with E-state index >= 15 is 0 Å². The van der Waals surface area contributed by atoms with Crippen LogP contribution in [0.15, 0.2) is 35.4 Å². The predicted molar refractivity (Wildman–Crippen MR) is 153 cm³/mol. The quantitative estimate of drug-likeness (QED) is 0.161. The van der Waals surface area contributed by atoms with Crippen LogP contribution in [0.5, 0.6) is 17.2 Å². The van der Waals surface area contributed by atoms with Gasteiger partial charge in [0.25, 0.3) is 11.8 Å². The zero-order valence-corrected chi connectivity index (χ0v) is 24.8. The molecule has 2 aromatic carbocycles. The maximum Gasteiger partial charge on any atom is 0.341 e. The molecule has 0 spiro atoms. The van der Waals surface area contributed by atoms with Crippen LogP contribution in [0.3, 0.4) is 0 Å². The number of carboxylic acids is 1. The van der Waals surface area contributed by atoms with E-state index in [2.05, 4.69) is 15.8 Å². The van der Waals surface area contributed by atoms with Crippen molar-refractivity contribution in [2.75, 3.05) is 13.7 Å². The first kappa shape index (κ1) is 31.4. The summed E-state index contributed by atoms with van der Waals surface area (Å²) in [5, 5.41) is 16.2. The number of hydrazone groups is 1. The van der Waals surface area contributed by atoms with Crippen LogP contribution in [-0.4, -0.2) is 55.0 Å². The van der Waals surface area contributed by atoms with Crippen LogP contribution in [0, 0.1) is 9.49 Å². The van der Waals surface area contributed by atoms with E-state index in [4.69, 9.17) is 42.5 Å². The van der Waals surface area contributed by atoms with Crippen molar-refractivity contribution in [2.24, 2.45) is 11.0 Å². The molecule has 2 rings (SSSR count). The Kier molecular flexibility index (Phi) is 12.4. The van der Waals surface area contributed by atoms with E-state index < -0.39 is 36.5 Å². The summed E-state index contributed by atoms with van der Waals surface area (Å²) in [6.45, 7) is 4.87. The summed E-state index contributed by atoms with van der Waals surface area (Å²) in [5.41, 5.74) is 3.01. The van der Waals surface area contributed by atoms with Gasteiger partial charge in [-0.25, -0.2) is 10.2 Å². The molecule has 0 aliphatic heterocycles. The Bertz CT molecular complexity index is 1190. The Morgan fingerprint density at radius 2 is 1.82 bits per heavy atom. The number of carboxylic acid groups (broad SMARTS) is 1. The third-order valence-electron chi connectivity index (χ3n) is 4.89. The Morgan fingerprint density at radius 3 is 2.42 bits per heavy atom. The number of hydrogen-bond acceptors (Lipinski definition) is 7. The number of amides is 2. The number of halogens is 3. The smallest absolute Gasteiger partial charge is 0.341 e. The van der Waals surface area contributed by atoms with Crippen LogP contribution >= 0.6 is 45.8 Å². The van der Waals surface area contributed by atoms with Crippen molar-refractivity contribution in [2.45, 2.75) is 39.3 Å². The van der Waals surface area contributed by atoms with Crippen molar-refractivity contribution in [3.8, 4) is 17.2 Å². The standard InChI is InChI=1S/C25H28Cl2IN3O7/c1-13(2)7-19(30-24(34)14(3)38-20-6-5-16(26)10-17(20)27)25(35)31-29-11-15-8-18(28)23(21(9-15)36-4)37-12-22(32)33/h5-6,8-11,13-14,19H,7,12H2,1-4H3,(H,30,34)(H,31,35)(H,32,33)/b29-11-/t14-,19+/m0/s1. The molecule has 2 aromatic rings. The van der Waals surface area contributed by atoms with Gasteiger partial charge >= 0.3 is 5.97 Å². The maximum atomic E-state index is 12.9. The summed E-state index contributed by atoms with van der Waals surface area (Å²) < 4.78 is 16.8. The summed E-state index contributed by atoms with van der Waals surface area (Å²) in [4.78, 5) is 36.4. The van der Waals surface area contributed by atoms with Gasteiger partial charge in [0.15, 0.2) is 24.2 Å². The fraction of sp³-hybridized carbons (Fsp3) is 0.360. The van der Waals surface area contributed by atoms with E-state index in [1.807, 2.05) is 36.4 Å². The molecular formula is C25H28Cl2IN3O7. The molecule has 0 radical (unpaired) electrons. The van der Waals surface area contributed by atoms with Gasteiger partial charge in [-0.2, -0.15) is 5.10 Å². The zero-order chi connectivity index (χ0) is 28.4. The molecule has 0 heterocycles. The van der Waals surface area contributed by atoms with Crippen LogP contribution in [-0.2, 0) is 14.4 Å². The van der Waals surface area contributed by atoms with Gasteiger partial charge in [-0.05, 0) is 77.7 Å². The average Bonchev–Trinajstić information content (AvgIpc) is 2.83. The second-order valence-electron chi connectivity index (χ2n) is 8.48. The van der Waals surface area contributed by atoms with Crippen molar-refractivity contribution in [1.82, 2.24) is 10.7 Å². The van der Waals surface area contributed by atoms with Crippen LogP contribution in [0.2, 0.25) is 10.0 Å². The monoisotopic (exact) mass is 679 g/mol. The molecule has 0 bridgehead atoms. The molecule has 10 nitrogen and oxygen atoms in total. The average molecular weight is 680 g/mol. The van der Waals surface area contributed by atoms with E-state index in [9.17, 15) is 14.4 Å². The first-order chi connectivity index (χ1) is 17.9. The summed E-state index contributed by atoms with van der Waals surface area (Å²) >= 11 is 14.0. The number of ether oxygens (including phenoxy) is 3. The molecule has 38 heavy (non-hydrogen) atoms. The van der Waals surface area contributed by atoms with Crippen molar-refractivity contribution < 1.29 is 33.7 Å². The van der Waals surface area contributed by atoms with Crippen LogP contribution in [0.4, 0.5) is 0 Å². The molecule has 3 N–H and O–H groups in total. The molecule has 0 aliphatic carbocycles. The number of nitrogens with zero attached hydrogens (tertiary/aromatic N) is 1. The topological polar surface area (TPSA) is 136 Å². The molecule has 0 unspecified atom stereocenters. The molecule has 0 fully saturated rings. The third-order valence-corrected chi connectivity index (χ3v) is 6.22. The van der Waals surface area contributed by atoms with Crippen molar-refractivity contribution in [3.05, 3.63) is 49.5 Å². The van der Waals surface area contributed by atoms with Gasteiger partial charge in [-0.3, -0.25) is 9.59 Å². The van der Waals surface area contributed by atoms with Gasteiger partial charge in [0.05, 0.1) is 21.9 Å². The lowest BCUT2D eigenvalue weighted by Gasteiger charge is -2.22. The first-order valence-electron chi connectivity index (χ1n) is 11.4. The number of carbonyl (C=O) groups is 3. The normalized spacial score (nSPS) is 12.6. The molecule has 206 valence electrons. The minimum atomic E-state index is -1.12. The summed E-state index contributed by atoms with van der Waals surface area (Å²) in [6, 6.07) is 7.06. The number of benzene rings is 2. The fourth-order valence-corrected chi connectivity index (χ4v) is 4.38. The number of carbonyl (C=O) groups excluding carboxylic acids is 2. The highest BCUT2D eigenvalue weighted by Crippen LogP contribution is 2.33. The largest absolute Gasteiger partial charge is 0.493 e. The minimum Gasteiger partial charge on any atom is -0.493 e. The van der Waals surface area contributed by atoms with Crippen LogP contribution in [0.1, 0.15) is 32.8 Å². The molecule has 0 aliphatic rings. The van der Waals surface area contributed by atoms with Gasteiger partial charge in [0.2, 0.25) is 0 Å². The lowest BCUT2D eigenvalue weighted by atomic mass is 10.0. The van der Waals surface area contributed by atoms with Gasteiger partial charge in [0.1, 0.15) is 11.8 Å². The van der Waals surface area contributed by atoms with Crippen LogP contribution < -0.4 is 25.0 Å². The third kappa shape index (κ3) is 9.84. The molecular weight excluding hydrogens is 652 g/mol. The Morgan fingerprint density at radius 1 is 1.11 bits per heavy atom. The number of nitrogens with one attached hydrogen (secondary N) is 2. The fourth-order valence-electron chi connectivity index (χ4n) is 3.14. The second kappa shape index (κ2) is 15.0. The minimum absolute atomic E-state index is 0.0983. The Balaban J connectivity index is 2.07. The number of methoxy groups -OCH3 is 1. The Hall–Kier alpha value is -2.77. The summed E-state index contributed by atoms with van der Waals surface area (Å²) in [7, 11) is 1.42. The van der Waals surface area contributed by atoms with E-state index in [0.29, 0.717) is 26.3 Å². The van der Waals surface area contributed by atoms with E-state index in [-0.39, 0.29) is 22.4 Å². The van der Waals surface area contributed by atoms with Gasteiger partial charge < -0.3 is 24.6 Å². The highest BCUT2D eigenvalue weighted by molar-refractivity contribution is 14.1. The Labute approximate surface area is 244 Å². The summed E-state index contributed by atoms with van der Waals surface area (Å²) in [6.07, 6.45) is 0.825. The number of aliphatic carboxylic acids is 1. The van der Waals surface area contributed by atoms with Crippen molar-refractivity contribution >= 4 is 69.8 Å². The molecule has 0 saturated carbocycles. The summed E-state index contributed by atoms with van der Waals surface area (Å²) in [5.74, 6) is -1.15. The number of rotatable bonds is 13. The lowest BCUT2D eigenvalue weighted by molar-refractivity contribution is -0.139. The molecule has 2 amide bonds. The van der Waals surface area contributed by atoms with E-state index in [1.165, 1.54) is 19.4 Å². The number of hydrogen-bond donors (Lipinski definition) is 3. The second-order valence-corrected chi connectivity index (χ2v) is 10.5. The van der Waals surface area contributed by atoms with Crippen LogP contribution in [0.25, 0.3) is 0 Å². The van der Waals surface area contributed by atoms with Crippen molar-refractivity contribution in [3.63, 3.8) is 0 Å². The predicted octanol–water partition coefficient (Wildman–Crippen LogP) is 4.52. The molecule has 0 aromatic heterocycles.